The van der Waals surface area contributed by atoms with Gasteiger partial charge in [-0.1, -0.05) is 0 Å². The second-order valence-electron chi connectivity index (χ2n) is 3.85. The molecule has 1 aromatic heterocycles. The molecule has 0 aliphatic carbocycles. The van der Waals surface area contributed by atoms with Crippen molar-refractivity contribution in [3.05, 3.63) is 18.5 Å². The summed E-state index contributed by atoms with van der Waals surface area (Å²) in [6, 6.07) is 1.65. The molecule has 0 unspecified atom stereocenters. The molecule has 0 spiro atoms. The van der Waals surface area contributed by atoms with E-state index in [1.807, 2.05) is 0 Å². The SMILES string of the molecule is CC(C)OP(=O)(OC(C)C)c1ncccn1. The molecule has 0 aromatic carbocycles. The number of hydrogen-bond acceptors (Lipinski definition) is 5. The normalized spacial score (nSPS) is 12.4. The van der Waals surface area contributed by atoms with Gasteiger partial charge < -0.3 is 9.05 Å². The third-order valence-corrected chi connectivity index (χ3v) is 3.62. The standard InChI is InChI=1S/C10H17N2O3P/c1-8(2)14-16(13,15-9(3)4)10-11-6-5-7-12-10/h5-9H,1-4H3. The van der Waals surface area contributed by atoms with Crippen LogP contribution in [-0.4, -0.2) is 22.2 Å². The van der Waals surface area contributed by atoms with Crippen molar-refractivity contribution in [2.45, 2.75) is 39.9 Å². The summed E-state index contributed by atoms with van der Waals surface area (Å²) in [5, 5.41) is 0. The highest BCUT2D eigenvalue weighted by atomic mass is 31.2. The molecule has 0 radical (unpaired) electrons. The Kier molecular flexibility index (Phi) is 4.59. The number of hydrogen-bond donors (Lipinski definition) is 0. The topological polar surface area (TPSA) is 61.3 Å². The van der Waals surface area contributed by atoms with E-state index >= 15 is 0 Å². The minimum atomic E-state index is -3.41. The first-order valence-corrected chi connectivity index (χ1v) is 6.73. The van der Waals surface area contributed by atoms with Crippen molar-refractivity contribution in [3.8, 4) is 0 Å². The van der Waals surface area contributed by atoms with Crippen LogP contribution in [0, 0.1) is 0 Å². The maximum Gasteiger partial charge on any atom is 0.398 e. The third-order valence-electron chi connectivity index (χ3n) is 1.50. The summed E-state index contributed by atoms with van der Waals surface area (Å²) in [6.45, 7) is 7.16. The van der Waals surface area contributed by atoms with Crippen molar-refractivity contribution in [1.29, 1.82) is 0 Å². The van der Waals surface area contributed by atoms with Gasteiger partial charge in [-0.05, 0) is 33.8 Å². The lowest BCUT2D eigenvalue weighted by Crippen LogP contribution is -2.21. The molecule has 90 valence electrons. The highest BCUT2D eigenvalue weighted by Crippen LogP contribution is 2.47. The molecule has 0 fully saturated rings. The zero-order valence-electron chi connectivity index (χ0n) is 9.95. The molecule has 1 aromatic rings. The molecule has 0 saturated carbocycles. The first-order chi connectivity index (χ1) is 7.44. The van der Waals surface area contributed by atoms with Gasteiger partial charge in [0.1, 0.15) is 0 Å². The van der Waals surface area contributed by atoms with Crippen LogP contribution in [0.3, 0.4) is 0 Å². The van der Waals surface area contributed by atoms with E-state index in [0.717, 1.165) is 0 Å². The van der Waals surface area contributed by atoms with Gasteiger partial charge in [0.2, 0.25) is 5.57 Å². The molecule has 5 nitrogen and oxygen atoms in total. The molecule has 0 bridgehead atoms. The summed E-state index contributed by atoms with van der Waals surface area (Å²) >= 11 is 0. The van der Waals surface area contributed by atoms with Gasteiger partial charge in [-0.25, -0.2) is 9.97 Å². The molecular weight excluding hydrogens is 227 g/mol. The molecule has 6 heteroatoms. The summed E-state index contributed by atoms with van der Waals surface area (Å²) in [6.07, 6.45) is 2.60. The Morgan fingerprint density at radius 1 is 1.06 bits per heavy atom. The Morgan fingerprint density at radius 3 is 1.88 bits per heavy atom. The summed E-state index contributed by atoms with van der Waals surface area (Å²) < 4.78 is 23.2. The first-order valence-electron chi connectivity index (χ1n) is 5.18. The van der Waals surface area contributed by atoms with Crippen molar-refractivity contribution < 1.29 is 13.6 Å². The molecule has 16 heavy (non-hydrogen) atoms. The molecule has 1 heterocycles. The fourth-order valence-electron chi connectivity index (χ4n) is 1.11. The second kappa shape index (κ2) is 5.53. The summed E-state index contributed by atoms with van der Waals surface area (Å²) in [7, 11) is -3.41. The van der Waals surface area contributed by atoms with E-state index in [2.05, 4.69) is 9.97 Å². The Morgan fingerprint density at radius 2 is 1.50 bits per heavy atom. The predicted octanol–water partition coefficient (Wildman–Crippen LogP) is 2.14. The smallest absolute Gasteiger partial charge is 0.300 e. The number of rotatable bonds is 5. The van der Waals surface area contributed by atoms with E-state index in [-0.39, 0.29) is 17.8 Å². The van der Waals surface area contributed by atoms with Crippen LogP contribution in [0.15, 0.2) is 18.5 Å². The molecule has 0 saturated heterocycles. The lowest BCUT2D eigenvalue weighted by atomic mass is 10.5. The highest BCUT2D eigenvalue weighted by molar-refractivity contribution is 7.61. The van der Waals surface area contributed by atoms with Gasteiger partial charge in [0.05, 0.1) is 12.2 Å². The maximum atomic E-state index is 12.5. The lowest BCUT2D eigenvalue weighted by molar-refractivity contribution is 0.149. The number of aromatic nitrogens is 2. The average molecular weight is 244 g/mol. The molecule has 0 atom stereocenters. The summed E-state index contributed by atoms with van der Waals surface area (Å²) in [4.78, 5) is 7.87. The molecule has 0 aliphatic heterocycles. The van der Waals surface area contributed by atoms with E-state index in [1.165, 1.54) is 12.4 Å². The molecular formula is C10H17N2O3P. The Bertz CT molecular complexity index is 354. The zero-order valence-corrected chi connectivity index (χ0v) is 10.8. The van der Waals surface area contributed by atoms with Crippen LogP contribution in [-0.2, 0) is 13.6 Å². The van der Waals surface area contributed by atoms with Crippen LogP contribution in [0.5, 0.6) is 0 Å². The van der Waals surface area contributed by atoms with Crippen molar-refractivity contribution >= 4 is 13.2 Å². The highest BCUT2D eigenvalue weighted by Gasteiger charge is 2.33. The minimum Gasteiger partial charge on any atom is -0.300 e. The largest absolute Gasteiger partial charge is 0.398 e. The quantitative estimate of drug-likeness (QED) is 0.742. The molecule has 0 aliphatic rings. The van der Waals surface area contributed by atoms with Crippen molar-refractivity contribution in [3.63, 3.8) is 0 Å². The minimum absolute atomic E-state index is 0.109. The van der Waals surface area contributed by atoms with Gasteiger partial charge in [0.25, 0.3) is 0 Å². The van der Waals surface area contributed by atoms with Crippen LogP contribution in [0.1, 0.15) is 27.7 Å². The van der Waals surface area contributed by atoms with Crippen LogP contribution >= 0.6 is 7.60 Å². The van der Waals surface area contributed by atoms with Crippen LogP contribution in [0.25, 0.3) is 0 Å². The van der Waals surface area contributed by atoms with Crippen molar-refractivity contribution in [2.24, 2.45) is 0 Å². The molecule has 0 amide bonds. The molecule has 1 rings (SSSR count). The van der Waals surface area contributed by atoms with E-state index in [0.29, 0.717) is 0 Å². The van der Waals surface area contributed by atoms with Gasteiger partial charge in [-0.2, -0.15) is 0 Å². The van der Waals surface area contributed by atoms with E-state index in [1.54, 1.807) is 33.8 Å². The van der Waals surface area contributed by atoms with Crippen LogP contribution in [0.2, 0.25) is 0 Å². The number of nitrogens with zero attached hydrogens (tertiary/aromatic N) is 2. The van der Waals surface area contributed by atoms with Gasteiger partial charge in [0, 0.05) is 12.4 Å². The Labute approximate surface area is 95.8 Å². The Balaban J connectivity index is 3.00. The van der Waals surface area contributed by atoms with Gasteiger partial charge in [-0.15, -0.1) is 0 Å². The fraction of sp³-hybridized carbons (Fsp3) is 0.600. The third kappa shape index (κ3) is 3.67. The maximum absolute atomic E-state index is 12.5. The Hall–Kier alpha value is -0.770. The molecule has 0 N–H and O–H groups in total. The van der Waals surface area contributed by atoms with Crippen molar-refractivity contribution in [2.75, 3.05) is 0 Å². The summed E-state index contributed by atoms with van der Waals surface area (Å²) in [5.74, 6) is 0. The first kappa shape index (κ1) is 13.3. The van der Waals surface area contributed by atoms with Gasteiger partial charge >= 0.3 is 7.60 Å². The van der Waals surface area contributed by atoms with Gasteiger partial charge in [0.15, 0.2) is 0 Å². The monoisotopic (exact) mass is 244 g/mol. The van der Waals surface area contributed by atoms with Crippen molar-refractivity contribution in [1.82, 2.24) is 9.97 Å². The lowest BCUT2D eigenvalue weighted by Gasteiger charge is -2.20. The second-order valence-corrected chi connectivity index (χ2v) is 5.67. The van der Waals surface area contributed by atoms with E-state index < -0.39 is 7.60 Å². The van der Waals surface area contributed by atoms with Crippen LogP contribution in [0.4, 0.5) is 0 Å². The van der Waals surface area contributed by atoms with Crippen LogP contribution < -0.4 is 5.57 Å². The predicted molar refractivity (Wildman–Crippen MR) is 61.7 cm³/mol. The summed E-state index contributed by atoms with van der Waals surface area (Å²) in [5.41, 5.74) is 0.109. The zero-order chi connectivity index (χ0) is 12.2. The fourth-order valence-corrected chi connectivity index (χ4v) is 2.87. The van der Waals surface area contributed by atoms with Gasteiger partial charge in [-0.3, -0.25) is 4.57 Å². The average Bonchev–Trinajstić information content (AvgIpc) is 2.16. The van der Waals surface area contributed by atoms with E-state index in [4.69, 9.17) is 9.05 Å². The van der Waals surface area contributed by atoms with E-state index in [9.17, 15) is 4.57 Å².